The van der Waals surface area contributed by atoms with Gasteiger partial charge in [-0.3, -0.25) is 10.3 Å². The minimum Gasteiger partial charge on any atom is -0.496 e. The van der Waals surface area contributed by atoms with Crippen molar-refractivity contribution in [3.05, 3.63) is 29.3 Å². The van der Waals surface area contributed by atoms with Crippen LogP contribution in [0.25, 0.3) is 0 Å². The number of methoxy groups -OCH3 is 1. The Balaban J connectivity index is 1.98. The molecule has 0 radical (unpaired) electrons. The number of benzene rings is 1. The van der Waals surface area contributed by atoms with E-state index in [1.165, 1.54) is 0 Å². The molecule has 150 valence electrons. The molecule has 1 heterocycles. The molecule has 27 heavy (non-hydrogen) atoms. The van der Waals surface area contributed by atoms with E-state index in [9.17, 15) is 0 Å². The summed E-state index contributed by atoms with van der Waals surface area (Å²) < 4.78 is 11.1. The van der Waals surface area contributed by atoms with Gasteiger partial charge in [0, 0.05) is 25.3 Å². The maximum absolute atomic E-state index is 5.58. The van der Waals surface area contributed by atoms with Gasteiger partial charge in [0.1, 0.15) is 5.75 Å². The first-order valence-electron chi connectivity index (χ1n) is 9.66. The van der Waals surface area contributed by atoms with Crippen LogP contribution in [-0.2, 0) is 11.3 Å². The monoisotopic (exact) mass is 392 g/mol. The van der Waals surface area contributed by atoms with Gasteiger partial charge in [0.2, 0.25) is 0 Å². The maximum atomic E-state index is 5.58. The van der Waals surface area contributed by atoms with Crippen molar-refractivity contribution in [1.29, 1.82) is 0 Å². The van der Waals surface area contributed by atoms with Crippen LogP contribution < -0.4 is 15.5 Å². The van der Waals surface area contributed by atoms with E-state index in [2.05, 4.69) is 40.7 Å². The smallest absolute Gasteiger partial charge is 0.187 e. The normalized spacial score (nSPS) is 17.2. The van der Waals surface area contributed by atoms with Crippen molar-refractivity contribution in [2.24, 2.45) is 5.10 Å². The lowest BCUT2D eigenvalue weighted by Gasteiger charge is -2.20. The van der Waals surface area contributed by atoms with Gasteiger partial charge < -0.3 is 14.8 Å². The number of hydrogen-bond donors (Lipinski definition) is 2. The highest BCUT2D eigenvalue weighted by Crippen LogP contribution is 2.22. The summed E-state index contributed by atoms with van der Waals surface area (Å²) in [6, 6.07) is 6.16. The molecule has 1 aliphatic rings. The molecule has 2 rings (SSSR count). The van der Waals surface area contributed by atoms with Gasteiger partial charge in [-0.1, -0.05) is 13.8 Å². The second-order valence-electron chi connectivity index (χ2n) is 6.64. The molecule has 0 saturated carbocycles. The molecule has 0 amide bonds. The predicted octanol–water partition coefficient (Wildman–Crippen LogP) is 2.90. The number of rotatable bonds is 9. The van der Waals surface area contributed by atoms with E-state index < -0.39 is 0 Å². The standard InChI is InChI=1S/C20H32N4O2S/c1-5-24(6-2)14-17-12-16(9-10-19(17)25-4)15(3)22-23-20(27)21-13-18-8-7-11-26-18/h9-10,12,18H,5-8,11,13-14H2,1-4H3,(H2,21,23,27)/b22-15-/t18-/m0/s1. The Kier molecular flexibility index (Phi) is 8.97. The van der Waals surface area contributed by atoms with Crippen LogP contribution in [0, 0.1) is 0 Å². The molecular weight excluding hydrogens is 360 g/mol. The third-order valence-corrected chi connectivity index (χ3v) is 5.06. The van der Waals surface area contributed by atoms with E-state index in [4.69, 9.17) is 21.7 Å². The maximum Gasteiger partial charge on any atom is 0.187 e. The predicted molar refractivity (Wildman–Crippen MR) is 115 cm³/mol. The van der Waals surface area contributed by atoms with E-state index in [0.717, 1.165) is 68.2 Å². The number of hydrazone groups is 1. The first-order chi connectivity index (χ1) is 13.1. The Morgan fingerprint density at radius 1 is 1.37 bits per heavy atom. The number of thiocarbonyl (C=S) groups is 1. The second kappa shape index (κ2) is 11.2. The summed E-state index contributed by atoms with van der Waals surface area (Å²) in [5, 5.41) is 8.10. The van der Waals surface area contributed by atoms with Crippen molar-refractivity contribution in [3.63, 3.8) is 0 Å². The van der Waals surface area contributed by atoms with Crippen LogP contribution in [-0.4, -0.2) is 55.2 Å². The number of nitrogens with zero attached hydrogens (tertiary/aromatic N) is 2. The molecule has 7 heteroatoms. The summed E-state index contributed by atoms with van der Waals surface area (Å²) in [4.78, 5) is 2.36. The van der Waals surface area contributed by atoms with E-state index >= 15 is 0 Å². The van der Waals surface area contributed by atoms with Gasteiger partial charge in [0.15, 0.2) is 5.11 Å². The van der Waals surface area contributed by atoms with Crippen LogP contribution >= 0.6 is 12.2 Å². The number of hydrogen-bond acceptors (Lipinski definition) is 5. The Morgan fingerprint density at radius 3 is 2.78 bits per heavy atom. The zero-order chi connectivity index (χ0) is 19.6. The van der Waals surface area contributed by atoms with Gasteiger partial charge >= 0.3 is 0 Å². The van der Waals surface area contributed by atoms with Crippen molar-refractivity contribution in [3.8, 4) is 5.75 Å². The minimum absolute atomic E-state index is 0.249. The highest BCUT2D eigenvalue weighted by molar-refractivity contribution is 7.80. The lowest BCUT2D eigenvalue weighted by molar-refractivity contribution is 0.114. The van der Waals surface area contributed by atoms with Crippen LogP contribution in [0.2, 0.25) is 0 Å². The summed E-state index contributed by atoms with van der Waals surface area (Å²) in [6.07, 6.45) is 2.45. The Hall–Kier alpha value is -1.70. The van der Waals surface area contributed by atoms with Gasteiger partial charge in [-0.25, -0.2) is 0 Å². The molecule has 1 fully saturated rings. The van der Waals surface area contributed by atoms with Gasteiger partial charge in [0.25, 0.3) is 0 Å². The lowest BCUT2D eigenvalue weighted by atomic mass is 10.1. The van der Waals surface area contributed by atoms with Crippen molar-refractivity contribution >= 4 is 23.0 Å². The highest BCUT2D eigenvalue weighted by Gasteiger charge is 2.15. The molecule has 0 bridgehead atoms. The van der Waals surface area contributed by atoms with Crippen molar-refractivity contribution in [1.82, 2.24) is 15.6 Å². The third-order valence-electron chi connectivity index (χ3n) is 4.83. The molecule has 0 unspecified atom stereocenters. The summed E-state index contributed by atoms with van der Waals surface area (Å²) >= 11 is 5.30. The quantitative estimate of drug-likeness (QED) is 0.383. The topological polar surface area (TPSA) is 58.1 Å². The fourth-order valence-electron chi connectivity index (χ4n) is 3.07. The Labute approximate surface area is 168 Å². The van der Waals surface area contributed by atoms with Crippen molar-refractivity contribution in [2.45, 2.75) is 46.3 Å². The first-order valence-corrected chi connectivity index (χ1v) is 10.1. The van der Waals surface area contributed by atoms with Gasteiger partial charge in [-0.05, 0) is 68.8 Å². The van der Waals surface area contributed by atoms with E-state index in [-0.39, 0.29) is 6.10 Å². The van der Waals surface area contributed by atoms with Gasteiger partial charge in [-0.15, -0.1) is 0 Å². The third kappa shape index (κ3) is 6.75. The van der Waals surface area contributed by atoms with Crippen LogP contribution in [0.15, 0.2) is 23.3 Å². The highest BCUT2D eigenvalue weighted by atomic mass is 32.1. The molecule has 1 atom stereocenters. The average Bonchev–Trinajstić information content (AvgIpc) is 3.22. The molecular formula is C20H32N4O2S. The Bertz CT molecular complexity index is 641. The molecule has 1 saturated heterocycles. The fraction of sp³-hybridized carbons (Fsp3) is 0.600. The number of ether oxygens (including phenoxy) is 2. The van der Waals surface area contributed by atoms with Gasteiger partial charge in [-0.2, -0.15) is 5.10 Å². The zero-order valence-corrected chi connectivity index (χ0v) is 17.7. The molecule has 0 aromatic heterocycles. The van der Waals surface area contributed by atoms with E-state index in [0.29, 0.717) is 5.11 Å². The first kappa shape index (κ1) is 21.6. The van der Waals surface area contributed by atoms with Crippen LogP contribution in [0.4, 0.5) is 0 Å². The lowest BCUT2D eigenvalue weighted by Crippen LogP contribution is -2.37. The molecule has 1 aromatic carbocycles. The summed E-state index contributed by atoms with van der Waals surface area (Å²) in [6.45, 7) is 10.7. The van der Waals surface area contributed by atoms with Crippen molar-refractivity contribution in [2.75, 3.05) is 33.4 Å². The van der Waals surface area contributed by atoms with Crippen LogP contribution in [0.5, 0.6) is 5.75 Å². The number of nitrogens with one attached hydrogen (secondary N) is 2. The average molecular weight is 393 g/mol. The van der Waals surface area contributed by atoms with Crippen LogP contribution in [0.1, 0.15) is 44.7 Å². The van der Waals surface area contributed by atoms with E-state index in [1.807, 2.05) is 19.1 Å². The SMILES string of the molecule is CCN(CC)Cc1cc(/C(C)=N\NC(=S)NC[C@@H]2CCCO2)ccc1OC. The summed E-state index contributed by atoms with van der Waals surface area (Å²) in [7, 11) is 1.71. The minimum atomic E-state index is 0.249. The summed E-state index contributed by atoms with van der Waals surface area (Å²) in [5.74, 6) is 0.903. The molecule has 1 aliphatic heterocycles. The Morgan fingerprint density at radius 2 is 2.15 bits per heavy atom. The molecule has 0 aliphatic carbocycles. The van der Waals surface area contributed by atoms with Gasteiger partial charge in [0.05, 0.1) is 18.9 Å². The molecule has 2 N–H and O–H groups in total. The van der Waals surface area contributed by atoms with Crippen LogP contribution in [0.3, 0.4) is 0 Å². The second-order valence-corrected chi connectivity index (χ2v) is 7.05. The molecule has 6 nitrogen and oxygen atoms in total. The molecule has 0 spiro atoms. The summed E-state index contributed by atoms with van der Waals surface area (Å²) in [5.41, 5.74) is 6.01. The largest absolute Gasteiger partial charge is 0.496 e. The van der Waals surface area contributed by atoms with E-state index in [1.54, 1.807) is 7.11 Å². The fourth-order valence-corrected chi connectivity index (χ4v) is 3.19. The molecule has 1 aromatic rings. The zero-order valence-electron chi connectivity index (χ0n) is 16.9. The van der Waals surface area contributed by atoms with Crippen molar-refractivity contribution < 1.29 is 9.47 Å².